The molecule has 5 atom stereocenters. The van der Waals surface area contributed by atoms with Gasteiger partial charge in [-0.1, -0.05) is 0 Å². The van der Waals surface area contributed by atoms with Gasteiger partial charge in [0.2, 0.25) is 0 Å². The molecule has 1 nitrogen and oxygen atoms in total. The van der Waals surface area contributed by atoms with Gasteiger partial charge in [0.15, 0.2) is 0 Å². The lowest BCUT2D eigenvalue weighted by molar-refractivity contribution is -0.165. The summed E-state index contributed by atoms with van der Waals surface area (Å²) in [5.41, 5.74) is -1.19. The predicted molar refractivity (Wildman–Crippen MR) is 43.4 cm³/mol. The lowest BCUT2D eigenvalue weighted by Gasteiger charge is -2.55. The number of aliphatic hydroxyl groups is 1. The Morgan fingerprint density at radius 1 is 1.08 bits per heavy atom. The summed E-state index contributed by atoms with van der Waals surface area (Å²) in [6.45, 7) is 0. The number of hydrogen-bond acceptors (Lipinski definition) is 1. The summed E-state index contributed by atoms with van der Waals surface area (Å²) in [7, 11) is 0. The Balaban J connectivity index is 1.97. The van der Waals surface area contributed by atoms with E-state index in [1.165, 1.54) is 6.42 Å². The second-order valence-corrected chi connectivity index (χ2v) is 5.09. The maximum Gasteiger partial charge on any atom is 0.137 e. The van der Waals surface area contributed by atoms with E-state index in [9.17, 15) is 9.50 Å². The van der Waals surface area contributed by atoms with E-state index in [1.807, 2.05) is 0 Å². The van der Waals surface area contributed by atoms with Crippen LogP contribution in [-0.4, -0.2) is 16.9 Å². The molecule has 1 N–H and O–H groups in total. The molecule has 68 valence electrons. The van der Waals surface area contributed by atoms with Crippen molar-refractivity contribution in [2.24, 2.45) is 17.8 Å². The maximum absolute atomic E-state index is 14.0. The summed E-state index contributed by atoms with van der Waals surface area (Å²) < 4.78 is 14.0. The highest BCUT2D eigenvalue weighted by Crippen LogP contribution is 2.57. The number of aliphatic hydroxyl groups excluding tert-OH is 1. The van der Waals surface area contributed by atoms with E-state index in [-0.39, 0.29) is 0 Å². The summed E-state index contributed by atoms with van der Waals surface area (Å²) >= 11 is 0. The van der Waals surface area contributed by atoms with Gasteiger partial charge in [-0.2, -0.15) is 0 Å². The molecule has 0 aliphatic heterocycles. The van der Waals surface area contributed by atoms with Crippen molar-refractivity contribution in [2.45, 2.75) is 43.9 Å². The normalized spacial score (nSPS) is 62.5. The summed E-state index contributed by atoms with van der Waals surface area (Å²) in [6.07, 6.45) is 4.05. The van der Waals surface area contributed by atoms with Gasteiger partial charge in [-0.05, 0) is 49.9 Å². The minimum atomic E-state index is -1.19. The summed E-state index contributed by atoms with van der Waals surface area (Å²) in [5, 5.41) is 9.71. The topological polar surface area (TPSA) is 20.2 Å². The SMILES string of the molecule is OC1C2C[C@@H]3C[C@H](C2)CC1(F)C3. The van der Waals surface area contributed by atoms with Gasteiger partial charge in [0, 0.05) is 0 Å². The van der Waals surface area contributed by atoms with Gasteiger partial charge in [0.25, 0.3) is 0 Å². The van der Waals surface area contributed by atoms with E-state index < -0.39 is 11.8 Å². The molecule has 0 aromatic heterocycles. The minimum absolute atomic E-state index is 0.293. The third-order valence-electron chi connectivity index (χ3n) is 4.17. The second-order valence-electron chi connectivity index (χ2n) is 5.09. The van der Waals surface area contributed by atoms with E-state index in [0.717, 1.165) is 12.8 Å². The highest BCUT2D eigenvalue weighted by Gasteiger charge is 2.57. The van der Waals surface area contributed by atoms with Gasteiger partial charge in [-0.15, -0.1) is 0 Å². The van der Waals surface area contributed by atoms with Crippen molar-refractivity contribution in [1.82, 2.24) is 0 Å². The monoisotopic (exact) mass is 170 g/mol. The Hall–Kier alpha value is -0.110. The first-order chi connectivity index (χ1) is 5.67. The van der Waals surface area contributed by atoms with E-state index in [2.05, 4.69) is 0 Å². The van der Waals surface area contributed by atoms with E-state index in [1.54, 1.807) is 0 Å². The third-order valence-corrected chi connectivity index (χ3v) is 4.17. The Morgan fingerprint density at radius 2 is 1.67 bits per heavy atom. The Morgan fingerprint density at radius 3 is 2.17 bits per heavy atom. The third kappa shape index (κ3) is 0.769. The fourth-order valence-electron chi connectivity index (χ4n) is 3.91. The smallest absolute Gasteiger partial charge is 0.137 e. The van der Waals surface area contributed by atoms with Crippen LogP contribution in [0.25, 0.3) is 0 Å². The van der Waals surface area contributed by atoms with Crippen molar-refractivity contribution in [3.05, 3.63) is 0 Å². The first-order valence-electron chi connectivity index (χ1n) is 5.04. The summed E-state index contributed by atoms with van der Waals surface area (Å²) in [6, 6.07) is 0. The van der Waals surface area contributed by atoms with E-state index >= 15 is 0 Å². The molecular weight excluding hydrogens is 155 g/mol. The molecule has 2 heteroatoms. The van der Waals surface area contributed by atoms with Crippen LogP contribution < -0.4 is 0 Å². The van der Waals surface area contributed by atoms with Crippen LogP contribution in [0.15, 0.2) is 0 Å². The van der Waals surface area contributed by atoms with Crippen LogP contribution in [0.1, 0.15) is 32.1 Å². The molecule has 0 amide bonds. The van der Waals surface area contributed by atoms with Crippen LogP contribution in [0.3, 0.4) is 0 Å². The molecule has 0 saturated heterocycles. The lowest BCUT2D eigenvalue weighted by atomic mass is 9.53. The first-order valence-corrected chi connectivity index (χ1v) is 5.04. The molecule has 0 radical (unpaired) electrons. The predicted octanol–water partition coefficient (Wildman–Crippen LogP) is 1.90. The fourth-order valence-corrected chi connectivity index (χ4v) is 3.91. The van der Waals surface area contributed by atoms with Gasteiger partial charge in [0.05, 0.1) is 6.10 Å². The van der Waals surface area contributed by atoms with Crippen LogP contribution in [0.2, 0.25) is 0 Å². The standard InChI is InChI=1S/C10H15FO/c11-10-4-6-1-7(5-10)3-8(2-6)9(10)12/h6-9,12H,1-5H2/t6-,7+,8?,9?,10?. The van der Waals surface area contributed by atoms with Crippen molar-refractivity contribution in [3.63, 3.8) is 0 Å². The van der Waals surface area contributed by atoms with Crippen LogP contribution in [0, 0.1) is 17.8 Å². The van der Waals surface area contributed by atoms with Crippen LogP contribution >= 0.6 is 0 Å². The molecule has 4 aliphatic rings. The molecule has 0 aromatic rings. The van der Waals surface area contributed by atoms with Crippen LogP contribution in [-0.2, 0) is 0 Å². The molecule has 0 spiro atoms. The van der Waals surface area contributed by atoms with Gasteiger partial charge >= 0.3 is 0 Å². The number of halogens is 1. The zero-order chi connectivity index (χ0) is 8.34. The van der Waals surface area contributed by atoms with Gasteiger partial charge in [-0.25, -0.2) is 4.39 Å². The molecule has 4 fully saturated rings. The Labute approximate surface area is 72.0 Å². The molecule has 0 aromatic carbocycles. The Bertz CT molecular complexity index is 202. The highest BCUT2D eigenvalue weighted by atomic mass is 19.1. The molecule has 4 bridgehead atoms. The zero-order valence-electron chi connectivity index (χ0n) is 7.17. The van der Waals surface area contributed by atoms with E-state index in [4.69, 9.17) is 0 Å². The molecular formula is C10H15FO. The number of rotatable bonds is 0. The van der Waals surface area contributed by atoms with Crippen molar-refractivity contribution in [3.8, 4) is 0 Å². The summed E-state index contributed by atoms with van der Waals surface area (Å²) in [4.78, 5) is 0. The number of hydrogen-bond donors (Lipinski definition) is 1. The largest absolute Gasteiger partial charge is 0.390 e. The zero-order valence-corrected chi connectivity index (χ0v) is 7.17. The van der Waals surface area contributed by atoms with Crippen molar-refractivity contribution >= 4 is 0 Å². The van der Waals surface area contributed by atoms with Gasteiger partial charge < -0.3 is 5.11 Å². The lowest BCUT2D eigenvalue weighted by Crippen LogP contribution is -2.57. The van der Waals surface area contributed by atoms with E-state index in [0.29, 0.717) is 30.6 Å². The molecule has 3 unspecified atom stereocenters. The minimum Gasteiger partial charge on any atom is -0.390 e. The van der Waals surface area contributed by atoms with Crippen LogP contribution in [0.4, 0.5) is 4.39 Å². The summed E-state index contributed by atoms with van der Waals surface area (Å²) in [5.74, 6) is 1.48. The van der Waals surface area contributed by atoms with Gasteiger partial charge in [0.1, 0.15) is 5.67 Å². The average molecular weight is 170 g/mol. The van der Waals surface area contributed by atoms with Crippen molar-refractivity contribution < 1.29 is 9.50 Å². The highest BCUT2D eigenvalue weighted by molar-refractivity contribution is 5.07. The quantitative estimate of drug-likeness (QED) is 0.588. The van der Waals surface area contributed by atoms with Crippen molar-refractivity contribution in [2.75, 3.05) is 0 Å². The molecule has 4 saturated carbocycles. The van der Waals surface area contributed by atoms with Crippen molar-refractivity contribution in [1.29, 1.82) is 0 Å². The second kappa shape index (κ2) is 2.03. The fraction of sp³-hybridized carbons (Fsp3) is 1.00. The maximum atomic E-state index is 14.0. The van der Waals surface area contributed by atoms with Crippen LogP contribution in [0.5, 0.6) is 0 Å². The first kappa shape index (κ1) is 7.31. The number of alkyl halides is 1. The molecule has 12 heavy (non-hydrogen) atoms. The Kier molecular flexibility index (Phi) is 1.24. The molecule has 4 aliphatic carbocycles. The molecule has 0 heterocycles. The average Bonchev–Trinajstić information content (AvgIpc) is 1.98. The molecule has 4 rings (SSSR count). The van der Waals surface area contributed by atoms with Gasteiger partial charge in [-0.3, -0.25) is 0 Å².